The van der Waals surface area contributed by atoms with Gasteiger partial charge in [-0.2, -0.15) is 0 Å². The lowest BCUT2D eigenvalue weighted by molar-refractivity contribution is -0.144. The predicted octanol–water partition coefficient (Wildman–Crippen LogP) is 3.32. The molecule has 2 fully saturated rings. The molecule has 0 radical (unpaired) electrons. The average Bonchev–Trinajstić information content (AvgIpc) is 2.74. The minimum absolute atomic E-state index is 0.133. The van der Waals surface area contributed by atoms with E-state index in [1.54, 1.807) is 0 Å². The molecule has 1 aliphatic carbocycles. The number of rotatable bonds is 3. The van der Waals surface area contributed by atoms with E-state index in [1.807, 2.05) is 31.2 Å². The summed E-state index contributed by atoms with van der Waals surface area (Å²) in [5.41, 5.74) is 0.821. The van der Waals surface area contributed by atoms with Crippen LogP contribution in [-0.2, 0) is 16.1 Å². The van der Waals surface area contributed by atoms with Crippen LogP contribution in [0.5, 0.6) is 0 Å². The summed E-state index contributed by atoms with van der Waals surface area (Å²) in [6.45, 7) is 2.18. The van der Waals surface area contributed by atoms with E-state index in [-0.39, 0.29) is 18.5 Å². The second kappa shape index (κ2) is 6.43. The van der Waals surface area contributed by atoms with Gasteiger partial charge < -0.3 is 0 Å². The second-order valence-corrected chi connectivity index (χ2v) is 7.22. The van der Waals surface area contributed by atoms with Crippen LogP contribution in [0.4, 0.5) is 4.79 Å². The Hall–Kier alpha value is -1.69. The minimum Gasteiger partial charge on any atom is -0.263 e. The zero-order chi connectivity index (χ0) is 16.6. The van der Waals surface area contributed by atoms with E-state index in [0.717, 1.165) is 40.6 Å². The van der Waals surface area contributed by atoms with Crippen molar-refractivity contribution >= 4 is 33.8 Å². The molecule has 122 valence electrons. The van der Waals surface area contributed by atoms with Gasteiger partial charge >= 0.3 is 17.8 Å². The fraction of sp³-hybridized carbons (Fsp3) is 0.471. The van der Waals surface area contributed by atoms with Crippen LogP contribution >= 0.6 is 15.9 Å². The summed E-state index contributed by atoms with van der Waals surface area (Å²) in [7, 11) is 0. The quantitative estimate of drug-likeness (QED) is 0.598. The lowest BCUT2D eigenvalue weighted by Gasteiger charge is -2.34. The molecule has 1 heterocycles. The van der Waals surface area contributed by atoms with Gasteiger partial charge in [0.1, 0.15) is 0 Å². The Labute approximate surface area is 143 Å². The van der Waals surface area contributed by atoms with Gasteiger partial charge in [0.25, 0.3) is 0 Å². The summed E-state index contributed by atoms with van der Waals surface area (Å²) >= 11 is 3.35. The van der Waals surface area contributed by atoms with Gasteiger partial charge in [-0.25, -0.2) is 4.79 Å². The molecule has 2 atom stereocenters. The number of carbonyl (C=O) groups is 3. The largest absolute Gasteiger partial charge is 0.334 e. The molecule has 6 heteroatoms. The molecule has 1 saturated heterocycles. The highest BCUT2D eigenvalue weighted by Gasteiger charge is 2.48. The van der Waals surface area contributed by atoms with Gasteiger partial charge in [0.05, 0.1) is 6.54 Å². The Balaban J connectivity index is 1.80. The molecule has 3 rings (SSSR count). The molecule has 5 nitrogen and oxygen atoms in total. The third-order valence-corrected chi connectivity index (χ3v) is 5.26. The molecular weight excluding hydrogens is 360 g/mol. The van der Waals surface area contributed by atoms with Crippen molar-refractivity contribution in [3.8, 4) is 0 Å². The Bertz CT molecular complexity index is 644. The summed E-state index contributed by atoms with van der Waals surface area (Å²) in [6.07, 6.45) is 3.89. The first kappa shape index (κ1) is 16.2. The number of carbonyl (C=O) groups excluding carboxylic acids is 3. The zero-order valence-electron chi connectivity index (χ0n) is 13.0. The Kier molecular flexibility index (Phi) is 4.53. The maximum atomic E-state index is 12.6. The van der Waals surface area contributed by atoms with Gasteiger partial charge in [-0.05, 0) is 36.5 Å². The lowest BCUT2D eigenvalue weighted by atomic mass is 9.85. The van der Waals surface area contributed by atoms with E-state index in [0.29, 0.717) is 0 Å². The van der Waals surface area contributed by atoms with Crippen LogP contribution in [0.15, 0.2) is 28.7 Å². The monoisotopic (exact) mass is 378 g/mol. The number of benzene rings is 1. The first-order valence-corrected chi connectivity index (χ1v) is 8.72. The number of hydrogen-bond acceptors (Lipinski definition) is 3. The highest BCUT2D eigenvalue weighted by Crippen LogP contribution is 2.31. The number of amides is 4. The van der Waals surface area contributed by atoms with Crippen LogP contribution in [-0.4, -0.2) is 33.7 Å². The summed E-state index contributed by atoms with van der Waals surface area (Å²) < 4.78 is 0.925. The van der Waals surface area contributed by atoms with Crippen LogP contribution in [0.3, 0.4) is 0 Å². The van der Waals surface area contributed by atoms with Crippen LogP contribution in [0.25, 0.3) is 0 Å². The van der Waals surface area contributed by atoms with Crippen LogP contribution in [0, 0.1) is 5.92 Å². The molecular formula is C17H19BrN2O3. The van der Waals surface area contributed by atoms with E-state index in [1.165, 1.54) is 4.90 Å². The molecule has 2 aliphatic rings. The van der Waals surface area contributed by atoms with Gasteiger partial charge in [0, 0.05) is 10.5 Å². The highest BCUT2D eigenvalue weighted by molar-refractivity contribution is 9.10. The molecule has 23 heavy (non-hydrogen) atoms. The number of imide groups is 2. The number of urea groups is 1. The molecule has 0 bridgehead atoms. The maximum Gasteiger partial charge on any atom is 0.334 e. The van der Waals surface area contributed by atoms with E-state index in [2.05, 4.69) is 15.9 Å². The Morgan fingerprint density at radius 3 is 2.35 bits per heavy atom. The first-order chi connectivity index (χ1) is 11.0. The smallest absolute Gasteiger partial charge is 0.263 e. The van der Waals surface area contributed by atoms with Crippen molar-refractivity contribution in [2.24, 2.45) is 5.92 Å². The highest BCUT2D eigenvalue weighted by atomic mass is 79.9. The van der Waals surface area contributed by atoms with Crippen LogP contribution in [0.1, 0.15) is 38.2 Å². The zero-order valence-corrected chi connectivity index (χ0v) is 14.6. The van der Waals surface area contributed by atoms with Crippen molar-refractivity contribution < 1.29 is 14.4 Å². The fourth-order valence-electron chi connectivity index (χ4n) is 3.41. The van der Waals surface area contributed by atoms with Gasteiger partial charge in [-0.1, -0.05) is 47.8 Å². The third kappa shape index (κ3) is 3.04. The SMILES string of the molecule is C[C@@H]1CCCC[C@H]1N1C(=O)C(=O)N(Cc2ccc(Br)cc2)C1=O. The van der Waals surface area contributed by atoms with Crippen LogP contribution in [0.2, 0.25) is 0 Å². The normalized spacial score (nSPS) is 25.4. The number of halogens is 1. The molecule has 0 aromatic heterocycles. The lowest BCUT2D eigenvalue weighted by Crippen LogP contribution is -2.46. The number of hydrogen-bond donors (Lipinski definition) is 0. The maximum absolute atomic E-state index is 12.6. The second-order valence-electron chi connectivity index (χ2n) is 6.30. The Morgan fingerprint density at radius 1 is 1.04 bits per heavy atom. The van der Waals surface area contributed by atoms with Gasteiger partial charge in [0.15, 0.2) is 0 Å². The summed E-state index contributed by atoms with van der Waals surface area (Å²) in [5.74, 6) is -1.14. The summed E-state index contributed by atoms with van der Waals surface area (Å²) in [4.78, 5) is 39.5. The molecule has 0 spiro atoms. The van der Waals surface area contributed by atoms with Crippen molar-refractivity contribution in [1.82, 2.24) is 9.80 Å². The van der Waals surface area contributed by atoms with Gasteiger partial charge in [0.2, 0.25) is 0 Å². The van der Waals surface area contributed by atoms with E-state index in [9.17, 15) is 14.4 Å². The van der Waals surface area contributed by atoms with E-state index in [4.69, 9.17) is 0 Å². The minimum atomic E-state index is -0.712. The molecule has 0 N–H and O–H groups in total. The Morgan fingerprint density at radius 2 is 1.70 bits per heavy atom. The fourth-order valence-corrected chi connectivity index (χ4v) is 3.67. The van der Waals surface area contributed by atoms with Crippen molar-refractivity contribution in [3.05, 3.63) is 34.3 Å². The summed E-state index contributed by atoms with van der Waals surface area (Å²) in [6, 6.07) is 6.75. The predicted molar refractivity (Wildman–Crippen MR) is 88.4 cm³/mol. The molecule has 4 amide bonds. The van der Waals surface area contributed by atoms with Crippen molar-refractivity contribution in [3.63, 3.8) is 0 Å². The average molecular weight is 379 g/mol. The summed E-state index contributed by atoms with van der Waals surface area (Å²) in [5, 5.41) is 0. The van der Waals surface area contributed by atoms with Crippen molar-refractivity contribution in [2.45, 2.75) is 45.2 Å². The first-order valence-electron chi connectivity index (χ1n) is 7.92. The third-order valence-electron chi connectivity index (χ3n) is 4.74. The van der Waals surface area contributed by atoms with E-state index < -0.39 is 17.8 Å². The molecule has 1 aromatic carbocycles. The van der Waals surface area contributed by atoms with Gasteiger partial charge in [-0.3, -0.25) is 19.4 Å². The van der Waals surface area contributed by atoms with Crippen LogP contribution < -0.4 is 0 Å². The standard InChI is InChI=1S/C17H19BrN2O3/c1-11-4-2-3-5-14(11)20-16(22)15(21)19(17(20)23)10-12-6-8-13(18)9-7-12/h6-9,11,14H,2-5,10H2,1H3/t11-,14-/m1/s1. The topological polar surface area (TPSA) is 57.7 Å². The van der Waals surface area contributed by atoms with Crippen molar-refractivity contribution in [2.75, 3.05) is 0 Å². The number of nitrogens with zero attached hydrogens (tertiary/aromatic N) is 2. The van der Waals surface area contributed by atoms with E-state index >= 15 is 0 Å². The molecule has 1 aromatic rings. The molecule has 1 aliphatic heterocycles. The molecule has 1 saturated carbocycles. The molecule has 0 unspecified atom stereocenters. The van der Waals surface area contributed by atoms with Crippen molar-refractivity contribution in [1.29, 1.82) is 0 Å². The van der Waals surface area contributed by atoms with Gasteiger partial charge in [-0.15, -0.1) is 0 Å².